The first-order valence-corrected chi connectivity index (χ1v) is 14.8. The van der Waals surface area contributed by atoms with E-state index >= 15 is 0 Å². The van der Waals surface area contributed by atoms with Crippen molar-refractivity contribution >= 4 is 55.8 Å². The summed E-state index contributed by atoms with van der Waals surface area (Å²) in [5, 5.41) is 11.6. The highest BCUT2D eigenvalue weighted by Gasteiger charge is 2.48. The normalized spacial score (nSPS) is 16.1. The summed E-state index contributed by atoms with van der Waals surface area (Å²) < 4.78 is 11.8. The number of ether oxygens (including phenoxy) is 2. The third-order valence-electron chi connectivity index (χ3n) is 6.84. The van der Waals surface area contributed by atoms with E-state index in [-0.39, 0.29) is 27.9 Å². The molecule has 0 saturated carbocycles. The second-order valence-electron chi connectivity index (χ2n) is 9.60. The number of hydrogen-bond acceptors (Lipinski definition) is 8. The van der Waals surface area contributed by atoms with Gasteiger partial charge in [0.2, 0.25) is 0 Å². The topological polar surface area (TPSA) is 106 Å². The molecule has 8 nitrogen and oxygen atoms in total. The molecule has 0 radical (unpaired) electrons. The Morgan fingerprint density at radius 3 is 2.48 bits per heavy atom. The SMILES string of the molecule is CCOC(=O)c1sc(N2C(=O)C(=O)C(=C(O)c3ccc(OCc4ccccc4C)cc3)C2c2cccc(Br)c2)nc1C. The van der Waals surface area contributed by atoms with Crippen LogP contribution in [0.25, 0.3) is 5.76 Å². The van der Waals surface area contributed by atoms with E-state index < -0.39 is 23.7 Å². The van der Waals surface area contributed by atoms with E-state index in [1.165, 1.54) is 4.90 Å². The number of benzene rings is 3. The molecular weight excluding hydrogens is 620 g/mol. The highest BCUT2D eigenvalue weighted by Crippen LogP contribution is 2.44. The van der Waals surface area contributed by atoms with Gasteiger partial charge in [0.25, 0.3) is 5.78 Å². The van der Waals surface area contributed by atoms with Crippen LogP contribution in [0.5, 0.6) is 5.75 Å². The van der Waals surface area contributed by atoms with Gasteiger partial charge in [0.1, 0.15) is 23.0 Å². The van der Waals surface area contributed by atoms with E-state index in [4.69, 9.17) is 9.47 Å². The standard InChI is InChI=1S/C32H27BrN2O6S/c1-4-40-31(39)29-19(3)34-32(42-29)35-26(21-10-7-11-23(33)16-21)25(28(37)30(35)38)27(36)20-12-14-24(15-13-20)41-17-22-9-6-5-8-18(22)2/h5-16,26,36H,4,17H2,1-3H3. The predicted molar refractivity (Wildman–Crippen MR) is 164 cm³/mol. The molecule has 0 bridgehead atoms. The van der Waals surface area contributed by atoms with Crippen LogP contribution in [0.2, 0.25) is 0 Å². The summed E-state index contributed by atoms with van der Waals surface area (Å²) in [6, 6.07) is 20.8. The minimum absolute atomic E-state index is 0.0859. The van der Waals surface area contributed by atoms with Crippen molar-refractivity contribution in [1.82, 2.24) is 4.98 Å². The Kier molecular flexibility index (Phi) is 8.56. The fraction of sp³-hybridized carbons (Fsp3) is 0.188. The number of aliphatic hydroxyl groups excluding tert-OH is 1. The van der Waals surface area contributed by atoms with E-state index in [2.05, 4.69) is 20.9 Å². The number of Topliss-reactive ketones (excluding diaryl/α,β-unsaturated/α-hetero) is 1. The van der Waals surface area contributed by atoms with E-state index in [1.54, 1.807) is 56.3 Å². The molecule has 5 rings (SSSR count). The molecule has 1 N–H and O–H groups in total. The smallest absolute Gasteiger partial charge is 0.350 e. The molecule has 1 saturated heterocycles. The van der Waals surface area contributed by atoms with Crippen LogP contribution in [0.4, 0.5) is 5.13 Å². The van der Waals surface area contributed by atoms with Crippen molar-refractivity contribution in [2.75, 3.05) is 11.5 Å². The first-order valence-electron chi connectivity index (χ1n) is 13.2. The van der Waals surface area contributed by atoms with Crippen molar-refractivity contribution < 1.29 is 29.0 Å². The Morgan fingerprint density at radius 2 is 1.79 bits per heavy atom. The van der Waals surface area contributed by atoms with Gasteiger partial charge in [0.05, 0.1) is 23.9 Å². The molecule has 2 heterocycles. The van der Waals surface area contributed by atoms with Crippen LogP contribution >= 0.6 is 27.3 Å². The minimum Gasteiger partial charge on any atom is -0.507 e. The van der Waals surface area contributed by atoms with Crippen molar-refractivity contribution in [2.24, 2.45) is 0 Å². The van der Waals surface area contributed by atoms with E-state index in [0.717, 1.165) is 26.9 Å². The summed E-state index contributed by atoms with van der Waals surface area (Å²) in [5.74, 6) is -2.01. The number of halogens is 1. The number of carbonyl (C=O) groups is 3. The first-order chi connectivity index (χ1) is 20.2. The van der Waals surface area contributed by atoms with Crippen molar-refractivity contribution in [3.05, 3.63) is 116 Å². The molecule has 1 aromatic heterocycles. The lowest BCUT2D eigenvalue weighted by molar-refractivity contribution is -0.132. The maximum atomic E-state index is 13.5. The van der Waals surface area contributed by atoms with Gasteiger partial charge in [-0.1, -0.05) is 63.7 Å². The molecule has 1 amide bonds. The monoisotopic (exact) mass is 646 g/mol. The zero-order chi connectivity index (χ0) is 30.0. The van der Waals surface area contributed by atoms with Gasteiger partial charge in [0, 0.05) is 10.0 Å². The Labute approximate surface area is 255 Å². The number of aliphatic hydroxyl groups is 1. The lowest BCUT2D eigenvalue weighted by Gasteiger charge is -2.23. The van der Waals surface area contributed by atoms with Gasteiger partial charge >= 0.3 is 11.9 Å². The fourth-order valence-corrected chi connectivity index (χ4v) is 6.10. The van der Waals surface area contributed by atoms with E-state index in [9.17, 15) is 19.5 Å². The Hall–Kier alpha value is -4.28. The van der Waals surface area contributed by atoms with Crippen LogP contribution in [0.3, 0.4) is 0 Å². The predicted octanol–water partition coefficient (Wildman–Crippen LogP) is 6.90. The van der Waals surface area contributed by atoms with Crippen molar-refractivity contribution in [3.8, 4) is 5.75 Å². The average molecular weight is 648 g/mol. The first kappa shape index (κ1) is 29.2. The van der Waals surface area contributed by atoms with Gasteiger partial charge in [-0.05, 0) is 73.9 Å². The Bertz CT molecular complexity index is 1710. The zero-order valence-electron chi connectivity index (χ0n) is 23.1. The quantitative estimate of drug-likeness (QED) is 0.0960. The van der Waals surface area contributed by atoms with Gasteiger partial charge in [-0.15, -0.1) is 0 Å². The fourth-order valence-electron chi connectivity index (χ4n) is 4.69. The van der Waals surface area contributed by atoms with Crippen molar-refractivity contribution in [3.63, 3.8) is 0 Å². The van der Waals surface area contributed by atoms with Gasteiger partial charge in [-0.2, -0.15) is 0 Å². The summed E-state index contributed by atoms with van der Waals surface area (Å²) in [5.41, 5.74) is 3.39. The maximum absolute atomic E-state index is 13.5. The van der Waals surface area contributed by atoms with Crippen molar-refractivity contribution in [1.29, 1.82) is 0 Å². The molecule has 1 unspecified atom stereocenters. The summed E-state index contributed by atoms with van der Waals surface area (Å²) in [4.78, 5) is 45.4. The lowest BCUT2D eigenvalue weighted by Crippen LogP contribution is -2.29. The molecule has 214 valence electrons. The number of aryl methyl sites for hydroxylation is 2. The minimum atomic E-state index is -0.986. The van der Waals surface area contributed by atoms with Gasteiger partial charge < -0.3 is 14.6 Å². The maximum Gasteiger partial charge on any atom is 0.350 e. The molecule has 42 heavy (non-hydrogen) atoms. The second-order valence-corrected chi connectivity index (χ2v) is 11.5. The van der Waals surface area contributed by atoms with Crippen LogP contribution in [-0.4, -0.2) is 34.4 Å². The van der Waals surface area contributed by atoms with Crippen LogP contribution in [0, 0.1) is 13.8 Å². The summed E-state index contributed by atoms with van der Waals surface area (Å²) in [6.07, 6.45) is 0. The zero-order valence-corrected chi connectivity index (χ0v) is 25.5. The average Bonchev–Trinajstić information content (AvgIpc) is 3.49. The number of rotatable bonds is 8. The molecule has 1 aliphatic rings. The number of aromatic nitrogens is 1. The molecule has 4 aromatic rings. The Morgan fingerprint density at radius 1 is 1.05 bits per heavy atom. The number of nitrogens with zero attached hydrogens (tertiary/aromatic N) is 2. The largest absolute Gasteiger partial charge is 0.507 e. The van der Waals surface area contributed by atoms with Crippen molar-refractivity contribution in [2.45, 2.75) is 33.4 Å². The molecule has 3 aromatic carbocycles. The number of esters is 1. The molecule has 1 fully saturated rings. The van der Waals surface area contributed by atoms with Gasteiger partial charge in [-0.3, -0.25) is 14.5 Å². The van der Waals surface area contributed by atoms with Crippen LogP contribution in [-0.2, 0) is 20.9 Å². The van der Waals surface area contributed by atoms with E-state index in [1.807, 2.05) is 37.3 Å². The van der Waals surface area contributed by atoms with Gasteiger partial charge in [0.15, 0.2) is 5.13 Å². The number of hydrogen-bond donors (Lipinski definition) is 1. The molecule has 1 aliphatic heterocycles. The Balaban J connectivity index is 1.53. The molecule has 1 atom stereocenters. The number of anilines is 1. The molecule has 10 heteroatoms. The lowest BCUT2D eigenvalue weighted by atomic mass is 9.95. The third-order valence-corrected chi connectivity index (χ3v) is 8.47. The number of carbonyl (C=O) groups excluding carboxylic acids is 3. The molecule has 0 aliphatic carbocycles. The molecular formula is C32H27BrN2O6S. The summed E-state index contributed by atoms with van der Waals surface area (Å²) in [7, 11) is 0. The van der Waals surface area contributed by atoms with E-state index in [0.29, 0.717) is 29.2 Å². The number of amides is 1. The highest BCUT2D eigenvalue weighted by molar-refractivity contribution is 9.10. The number of thiazole rings is 1. The summed E-state index contributed by atoms with van der Waals surface area (Å²) in [6.45, 7) is 5.92. The van der Waals surface area contributed by atoms with Crippen LogP contribution in [0.15, 0.2) is 82.8 Å². The molecule has 0 spiro atoms. The second kappa shape index (κ2) is 12.3. The summed E-state index contributed by atoms with van der Waals surface area (Å²) >= 11 is 4.42. The highest BCUT2D eigenvalue weighted by atomic mass is 79.9. The third kappa shape index (κ3) is 5.73. The number of ketones is 1. The van der Waals surface area contributed by atoms with Gasteiger partial charge in [-0.25, -0.2) is 9.78 Å². The van der Waals surface area contributed by atoms with Crippen LogP contribution in [0.1, 0.15) is 50.6 Å². The van der Waals surface area contributed by atoms with Crippen LogP contribution < -0.4 is 9.64 Å².